The summed E-state index contributed by atoms with van der Waals surface area (Å²) < 4.78 is 2.20. The second-order valence-electron chi connectivity index (χ2n) is 6.61. The molecule has 2 rings (SSSR count). The van der Waals surface area contributed by atoms with Gasteiger partial charge in [-0.25, -0.2) is 0 Å². The molecule has 0 spiro atoms. The van der Waals surface area contributed by atoms with E-state index in [2.05, 4.69) is 73.5 Å². The third-order valence-corrected chi connectivity index (χ3v) is 5.33. The molecule has 1 aromatic rings. The first-order chi connectivity index (χ1) is 13.0. The first-order valence-electron chi connectivity index (χ1n) is 9.82. The number of rotatable bonds is 7. The minimum absolute atomic E-state index is 0.132. The highest BCUT2D eigenvalue weighted by molar-refractivity contribution is 6.70. The molecule has 1 aliphatic heterocycles. The van der Waals surface area contributed by atoms with E-state index in [0.717, 1.165) is 42.9 Å². The first-order valence-corrected chi connectivity index (χ1v) is 10.2. The fraction of sp³-hybridized carbons (Fsp3) is 0.500. The van der Waals surface area contributed by atoms with E-state index in [9.17, 15) is 0 Å². The molecular weight excluding hydrogens is 356 g/mol. The molecule has 1 unspecified atom stereocenters. The monoisotopic (exact) mass is 386 g/mol. The minimum Gasteiger partial charge on any atom is -0.591 e. The van der Waals surface area contributed by atoms with Crippen LogP contribution in [-0.4, -0.2) is 46.7 Å². The van der Waals surface area contributed by atoms with Crippen LogP contribution in [0.5, 0.6) is 0 Å². The van der Waals surface area contributed by atoms with Gasteiger partial charge in [0, 0.05) is 18.7 Å². The smallest absolute Gasteiger partial charge is 0.172 e. The van der Waals surface area contributed by atoms with Crippen LogP contribution in [0.15, 0.2) is 46.2 Å². The van der Waals surface area contributed by atoms with Crippen molar-refractivity contribution in [3.63, 3.8) is 0 Å². The van der Waals surface area contributed by atoms with Gasteiger partial charge in [0.25, 0.3) is 0 Å². The zero-order valence-electron chi connectivity index (χ0n) is 17.4. The number of allylic oxidation sites excluding steroid dienone is 1. The third-order valence-electron chi connectivity index (χ3n) is 5.05. The Labute approximate surface area is 168 Å². The van der Waals surface area contributed by atoms with Crippen molar-refractivity contribution < 1.29 is 4.58 Å². The molecule has 5 heteroatoms. The Balaban J connectivity index is 2.67. The molecule has 146 valence electrons. The van der Waals surface area contributed by atoms with Crippen molar-refractivity contribution in [1.29, 1.82) is 0 Å². The van der Waals surface area contributed by atoms with E-state index in [1.165, 1.54) is 11.3 Å². The van der Waals surface area contributed by atoms with Gasteiger partial charge in [0.05, 0.1) is 11.3 Å². The summed E-state index contributed by atoms with van der Waals surface area (Å²) >= 11 is 6.29. The van der Waals surface area contributed by atoms with E-state index in [0.29, 0.717) is 5.17 Å². The minimum atomic E-state index is -0.132. The van der Waals surface area contributed by atoms with Gasteiger partial charge < -0.3 is 15.4 Å². The molecule has 27 heavy (non-hydrogen) atoms. The van der Waals surface area contributed by atoms with E-state index < -0.39 is 0 Å². The lowest BCUT2D eigenvalue weighted by atomic mass is 9.92. The largest absolute Gasteiger partial charge is 0.591 e. The Morgan fingerprint density at radius 2 is 1.78 bits per heavy atom. The lowest BCUT2D eigenvalue weighted by Crippen LogP contribution is -2.26. The Morgan fingerprint density at radius 1 is 1.15 bits per heavy atom. The number of fused-ring (bicyclic) bond motifs is 1. The van der Waals surface area contributed by atoms with Crippen LogP contribution >= 0.6 is 11.6 Å². The topological polar surface area (TPSA) is 32.7 Å². The Morgan fingerprint density at radius 3 is 2.37 bits per heavy atom. The number of halogens is 1. The highest BCUT2D eigenvalue weighted by Gasteiger charge is 2.21. The second kappa shape index (κ2) is 9.77. The maximum atomic E-state index is 6.29. The van der Waals surface area contributed by atoms with E-state index in [1.807, 2.05) is 18.2 Å². The molecule has 1 aliphatic rings. The number of hydrogen-bond donors (Lipinski definition) is 0. The summed E-state index contributed by atoms with van der Waals surface area (Å²) in [4.78, 5) is 2.37. The van der Waals surface area contributed by atoms with Gasteiger partial charge in [-0.2, -0.15) is 4.58 Å². The molecule has 0 aromatic heterocycles. The number of nitrogens with zero attached hydrogens (tertiary/aromatic N) is 4. The van der Waals surface area contributed by atoms with Gasteiger partial charge in [-0.1, -0.05) is 47.5 Å². The molecule has 0 fully saturated rings. The van der Waals surface area contributed by atoms with Crippen LogP contribution in [-0.2, 0) is 0 Å². The standard InChI is InChI=1S/C22H31ClN4/c1-7-26(8-2)15-16(5)21(27(9-3)10-4)17(6)20-18-13-11-12-14-19(18)22(23)25-24-20/h11-14,20H,7-10H2,1-6H3/b21-17+. The molecule has 0 saturated carbocycles. The summed E-state index contributed by atoms with van der Waals surface area (Å²) in [5, 5.41) is 4.69. The van der Waals surface area contributed by atoms with Crippen LogP contribution < -0.4 is 0 Å². The van der Waals surface area contributed by atoms with Gasteiger partial charge in [-0.15, -0.1) is 0 Å². The molecule has 0 bridgehead atoms. The molecule has 4 nitrogen and oxygen atoms in total. The summed E-state index contributed by atoms with van der Waals surface area (Å²) in [6, 6.07) is 8.00. The summed E-state index contributed by atoms with van der Waals surface area (Å²) in [6.07, 6.45) is 0. The van der Waals surface area contributed by atoms with E-state index in [-0.39, 0.29) is 6.04 Å². The predicted octanol–water partition coefficient (Wildman–Crippen LogP) is 5.30. The number of benzene rings is 1. The van der Waals surface area contributed by atoms with Crippen molar-refractivity contribution in [2.24, 2.45) is 5.10 Å². The fourth-order valence-corrected chi connectivity index (χ4v) is 3.81. The second-order valence-corrected chi connectivity index (χ2v) is 6.97. The Bertz CT molecular complexity index is 790. The van der Waals surface area contributed by atoms with Gasteiger partial charge in [0.2, 0.25) is 0 Å². The zero-order chi connectivity index (χ0) is 20.0. The van der Waals surface area contributed by atoms with Crippen LogP contribution in [0.1, 0.15) is 58.7 Å². The van der Waals surface area contributed by atoms with Crippen molar-refractivity contribution in [3.05, 3.63) is 57.7 Å². The van der Waals surface area contributed by atoms with E-state index in [4.69, 9.17) is 11.6 Å². The molecule has 0 aliphatic carbocycles. The molecule has 1 aromatic carbocycles. The summed E-state index contributed by atoms with van der Waals surface area (Å²) in [7, 11) is 0. The van der Waals surface area contributed by atoms with E-state index in [1.54, 1.807) is 0 Å². The predicted molar refractivity (Wildman–Crippen MR) is 116 cm³/mol. The van der Waals surface area contributed by atoms with Crippen LogP contribution in [0.3, 0.4) is 0 Å². The molecule has 1 atom stereocenters. The van der Waals surface area contributed by atoms with Crippen LogP contribution in [0, 0.1) is 0 Å². The maximum Gasteiger partial charge on any atom is 0.172 e. The van der Waals surface area contributed by atoms with Gasteiger partial charge in [-0.05, 0) is 47.1 Å². The average Bonchev–Trinajstić information content (AvgIpc) is 2.70. The fourth-order valence-electron chi connectivity index (χ4n) is 3.59. The molecule has 0 amide bonds. The van der Waals surface area contributed by atoms with Crippen LogP contribution in [0.25, 0.3) is 5.43 Å². The SMILES string of the molecule is CCN(CC)/C(C(C)=C=[N+](CC)CC)=C(\C)C1[N-]N=C(Cl)c2ccccc21. The highest BCUT2D eigenvalue weighted by atomic mass is 35.5. The van der Waals surface area contributed by atoms with Crippen LogP contribution in [0.2, 0.25) is 0 Å². The summed E-state index contributed by atoms with van der Waals surface area (Å²) in [5.41, 5.74) is 10.1. The first kappa shape index (κ1) is 21.3. The van der Waals surface area contributed by atoms with Gasteiger partial charge >= 0.3 is 0 Å². The molecule has 1 heterocycles. The average molecular weight is 387 g/mol. The van der Waals surface area contributed by atoms with Gasteiger partial charge in [-0.3, -0.25) is 0 Å². The molecule has 0 saturated heterocycles. The van der Waals surface area contributed by atoms with Crippen molar-refractivity contribution in [2.45, 2.75) is 47.6 Å². The molecular formula is C22H31ClN4. The maximum absolute atomic E-state index is 6.29. The number of likely N-dealkylation sites (N-methyl/N-ethyl adjacent to an activating group) is 1. The normalized spacial score (nSPS) is 16.4. The van der Waals surface area contributed by atoms with Crippen molar-refractivity contribution in [1.82, 2.24) is 4.90 Å². The van der Waals surface area contributed by atoms with Crippen molar-refractivity contribution in [2.75, 3.05) is 26.2 Å². The Hall–Kier alpha value is -2.03. The third kappa shape index (κ3) is 4.63. The van der Waals surface area contributed by atoms with Crippen molar-refractivity contribution in [3.8, 4) is 0 Å². The molecule has 0 radical (unpaired) electrons. The Kier molecular flexibility index (Phi) is 7.70. The highest BCUT2D eigenvalue weighted by Crippen LogP contribution is 2.39. The summed E-state index contributed by atoms with van der Waals surface area (Å²) in [6.45, 7) is 16.7. The number of hydrogen-bond acceptors (Lipinski definition) is 2. The lowest BCUT2D eigenvalue weighted by molar-refractivity contribution is -0.513. The van der Waals surface area contributed by atoms with Crippen LogP contribution in [0.4, 0.5) is 0 Å². The van der Waals surface area contributed by atoms with Gasteiger partial charge in [0.1, 0.15) is 18.3 Å². The lowest BCUT2D eigenvalue weighted by Gasteiger charge is -2.39. The van der Waals surface area contributed by atoms with E-state index >= 15 is 0 Å². The van der Waals surface area contributed by atoms with Gasteiger partial charge in [0.15, 0.2) is 5.87 Å². The summed E-state index contributed by atoms with van der Waals surface area (Å²) in [5.74, 6) is 3.57. The quantitative estimate of drug-likeness (QED) is 0.355. The van der Waals surface area contributed by atoms with Crippen molar-refractivity contribution >= 4 is 22.6 Å². The zero-order valence-corrected chi connectivity index (χ0v) is 18.1. The molecule has 0 N–H and O–H groups in total.